The molecular weight excluding hydrogens is 408 g/mol. The Hall–Kier alpha value is -3.74. The summed E-state index contributed by atoms with van der Waals surface area (Å²) in [6, 6.07) is 17.0. The summed E-state index contributed by atoms with van der Waals surface area (Å²) >= 11 is 0. The van der Waals surface area contributed by atoms with Gasteiger partial charge in [-0.1, -0.05) is 24.3 Å². The highest BCUT2D eigenvalue weighted by Gasteiger charge is 2.30. The van der Waals surface area contributed by atoms with Crippen LogP contribution in [0.2, 0.25) is 0 Å². The summed E-state index contributed by atoms with van der Waals surface area (Å²) < 4.78 is 18.3. The van der Waals surface area contributed by atoms with Crippen molar-refractivity contribution < 1.29 is 19.0 Å². The molecule has 1 saturated heterocycles. The molecule has 32 heavy (non-hydrogen) atoms. The van der Waals surface area contributed by atoms with E-state index < -0.39 is 0 Å². The Morgan fingerprint density at radius 2 is 1.91 bits per heavy atom. The number of ether oxygens (including phenoxy) is 3. The molecule has 3 aromatic rings. The predicted molar refractivity (Wildman–Crippen MR) is 118 cm³/mol. The van der Waals surface area contributed by atoms with Crippen LogP contribution < -0.4 is 19.8 Å². The van der Waals surface area contributed by atoms with E-state index in [0.29, 0.717) is 36.7 Å². The third-order valence-corrected chi connectivity index (χ3v) is 5.86. The first-order valence-corrected chi connectivity index (χ1v) is 10.7. The zero-order chi connectivity index (χ0) is 22.1. The molecule has 0 radical (unpaired) electrons. The molecule has 2 aromatic carbocycles. The number of nitrogens with zero attached hydrogens (tertiary/aromatic N) is 2. The normalized spacial score (nSPS) is 16.9. The molecule has 2 aliphatic rings. The minimum atomic E-state index is -0.292. The van der Waals surface area contributed by atoms with E-state index in [9.17, 15) is 9.59 Å². The third-order valence-electron chi connectivity index (χ3n) is 5.86. The number of fused-ring (bicyclic) bond motifs is 1. The van der Waals surface area contributed by atoms with Gasteiger partial charge in [0, 0.05) is 19.2 Å². The molecular formula is C25H24N2O5. The molecule has 1 amide bonds. The molecule has 0 aliphatic carbocycles. The molecule has 0 saturated carbocycles. The molecule has 0 N–H and O–H groups in total. The van der Waals surface area contributed by atoms with Gasteiger partial charge < -0.3 is 23.7 Å². The quantitative estimate of drug-likeness (QED) is 0.619. The highest BCUT2D eigenvalue weighted by atomic mass is 16.7. The lowest BCUT2D eigenvalue weighted by atomic mass is 10.1. The summed E-state index contributed by atoms with van der Waals surface area (Å²) in [5, 5.41) is 0. The summed E-state index contributed by atoms with van der Waals surface area (Å²) in [4.78, 5) is 28.2. The van der Waals surface area contributed by atoms with Crippen molar-refractivity contribution in [3.05, 3.63) is 87.8 Å². The van der Waals surface area contributed by atoms with E-state index in [0.717, 1.165) is 17.7 Å². The molecule has 0 unspecified atom stereocenters. The highest BCUT2D eigenvalue weighted by molar-refractivity contribution is 5.95. The maximum absolute atomic E-state index is 13.3. The van der Waals surface area contributed by atoms with Crippen LogP contribution in [-0.4, -0.2) is 41.4 Å². The van der Waals surface area contributed by atoms with Crippen LogP contribution in [0.3, 0.4) is 0 Å². The summed E-state index contributed by atoms with van der Waals surface area (Å²) in [5.74, 6) is 1.91. The van der Waals surface area contributed by atoms with Crippen molar-refractivity contribution in [2.75, 3.05) is 19.9 Å². The van der Waals surface area contributed by atoms with Crippen LogP contribution in [0.25, 0.3) is 0 Å². The number of aryl methyl sites for hydroxylation is 1. The van der Waals surface area contributed by atoms with Gasteiger partial charge in [-0.3, -0.25) is 9.59 Å². The van der Waals surface area contributed by atoms with Gasteiger partial charge in [0.2, 0.25) is 6.79 Å². The summed E-state index contributed by atoms with van der Waals surface area (Å²) in [6.07, 6.45) is 2.38. The minimum Gasteiger partial charge on any atom is -0.489 e. The molecule has 7 nitrogen and oxygen atoms in total. The van der Waals surface area contributed by atoms with Gasteiger partial charge in [-0.25, -0.2) is 0 Å². The Morgan fingerprint density at radius 1 is 1.09 bits per heavy atom. The molecule has 0 bridgehead atoms. The van der Waals surface area contributed by atoms with Crippen LogP contribution in [-0.2, 0) is 6.54 Å². The van der Waals surface area contributed by atoms with Crippen LogP contribution in [0, 0.1) is 6.92 Å². The van der Waals surface area contributed by atoms with Gasteiger partial charge in [0.25, 0.3) is 11.5 Å². The lowest BCUT2D eigenvalue weighted by Crippen LogP contribution is -2.37. The second-order valence-corrected chi connectivity index (χ2v) is 8.09. The largest absolute Gasteiger partial charge is 0.489 e. The number of benzene rings is 2. The van der Waals surface area contributed by atoms with Gasteiger partial charge in [-0.2, -0.15) is 0 Å². The van der Waals surface area contributed by atoms with E-state index in [1.165, 1.54) is 0 Å². The number of rotatable bonds is 5. The highest BCUT2D eigenvalue weighted by Crippen LogP contribution is 2.32. The molecule has 1 fully saturated rings. The smallest absolute Gasteiger partial charge is 0.263 e. The van der Waals surface area contributed by atoms with Crippen LogP contribution >= 0.6 is 0 Å². The van der Waals surface area contributed by atoms with Gasteiger partial charge >= 0.3 is 0 Å². The number of carbonyl (C=O) groups excluding carboxylic acids is 1. The summed E-state index contributed by atoms with van der Waals surface area (Å²) in [5.41, 5.74) is 1.50. The maximum Gasteiger partial charge on any atom is 0.263 e. The van der Waals surface area contributed by atoms with Crippen molar-refractivity contribution >= 4 is 5.91 Å². The standard InChI is InChI=1S/C25H24N2O5/c1-17-9-11-26(14-18-7-8-21-22(13-18)31-16-30-21)24(28)23(17)25(29)27-12-10-20(15-27)32-19-5-3-2-4-6-19/h2-9,11,13,20H,10,12,14-16H2,1H3/t20-/m1/s1. The fourth-order valence-corrected chi connectivity index (χ4v) is 4.14. The Labute approximate surface area is 185 Å². The monoisotopic (exact) mass is 432 g/mol. The number of likely N-dealkylation sites (tertiary alicyclic amines) is 1. The molecule has 164 valence electrons. The molecule has 1 aromatic heterocycles. The van der Waals surface area contributed by atoms with E-state index >= 15 is 0 Å². The number of pyridine rings is 1. The molecule has 5 rings (SSSR count). The van der Waals surface area contributed by atoms with E-state index in [1.54, 1.807) is 22.6 Å². The van der Waals surface area contributed by atoms with Crippen LogP contribution in [0.4, 0.5) is 0 Å². The Bertz CT molecular complexity index is 1200. The van der Waals surface area contributed by atoms with E-state index in [2.05, 4.69) is 0 Å². The first-order valence-electron chi connectivity index (χ1n) is 10.7. The molecule has 1 atom stereocenters. The molecule has 2 aliphatic heterocycles. The topological polar surface area (TPSA) is 70.0 Å². The number of aromatic nitrogens is 1. The molecule has 0 spiro atoms. The molecule has 7 heteroatoms. The van der Waals surface area contributed by atoms with Gasteiger partial charge in [-0.15, -0.1) is 0 Å². The van der Waals surface area contributed by atoms with Gasteiger partial charge in [0.15, 0.2) is 11.5 Å². The minimum absolute atomic E-state index is 0.0822. The van der Waals surface area contributed by atoms with Crippen molar-refractivity contribution in [1.29, 1.82) is 0 Å². The molecule has 3 heterocycles. The second-order valence-electron chi connectivity index (χ2n) is 8.09. The lowest BCUT2D eigenvalue weighted by molar-refractivity contribution is 0.0769. The van der Waals surface area contributed by atoms with Gasteiger partial charge in [0.1, 0.15) is 17.4 Å². The number of carbonyl (C=O) groups is 1. The van der Waals surface area contributed by atoms with Crippen molar-refractivity contribution in [3.8, 4) is 17.2 Å². The Kier molecular flexibility index (Phi) is 5.31. The fourth-order valence-electron chi connectivity index (χ4n) is 4.14. The first kappa shape index (κ1) is 20.2. The van der Waals surface area contributed by atoms with Crippen LogP contribution in [0.5, 0.6) is 17.2 Å². The fraction of sp³-hybridized carbons (Fsp3) is 0.280. The van der Waals surface area contributed by atoms with Crippen molar-refractivity contribution in [2.45, 2.75) is 26.0 Å². The zero-order valence-electron chi connectivity index (χ0n) is 17.8. The average Bonchev–Trinajstić information content (AvgIpc) is 3.46. The van der Waals surface area contributed by atoms with Crippen LogP contribution in [0.1, 0.15) is 27.9 Å². The maximum atomic E-state index is 13.3. The van der Waals surface area contributed by atoms with E-state index in [4.69, 9.17) is 14.2 Å². The van der Waals surface area contributed by atoms with Crippen LogP contribution in [0.15, 0.2) is 65.6 Å². The Morgan fingerprint density at radius 3 is 2.75 bits per heavy atom. The lowest BCUT2D eigenvalue weighted by Gasteiger charge is -2.19. The first-order chi connectivity index (χ1) is 15.6. The number of hydrogen-bond acceptors (Lipinski definition) is 5. The van der Waals surface area contributed by atoms with E-state index in [1.807, 2.05) is 54.6 Å². The average molecular weight is 432 g/mol. The summed E-state index contributed by atoms with van der Waals surface area (Å²) in [6.45, 7) is 3.37. The summed E-state index contributed by atoms with van der Waals surface area (Å²) in [7, 11) is 0. The third kappa shape index (κ3) is 3.93. The van der Waals surface area contributed by atoms with Crippen molar-refractivity contribution in [2.24, 2.45) is 0 Å². The van der Waals surface area contributed by atoms with E-state index in [-0.39, 0.29) is 29.9 Å². The second kappa shape index (κ2) is 8.42. The van der Waals surface area contributed by atoms with Crippen molar-refractivity contribution in [1.82, 2.24) is 9.47 Å². The number of hydrogen-bond donors (Lipinski definition) is 0. The number of para-hydroxylation sites is 1. The van der Waals surface area contributed by atoms with Gasteiger partial charge in [0.05, 0.1) is 13.1 Å². The van der Waals surface area contributed by atoms with Crippen molar-refractivity contribution in [3.63, 3.8) is 0 Å². The SMILES string of the molecule is Cc1ccn(Cc2ccc3c(c2)OCO3)c(=O)c1C(=O)N1CC[C@@H](Oc2ccccc2)C1. The van der Waals surface area contributed by atoms with Gasteiger partial charge in [-0.05, 0) is 48.4 Å². The Balaban J connectivity index is 1.33. The zero-order valence-corrected chi connectivity index (χ0v) is 17.8. The predicted octanol–water partition coefficient (Wildman–Crippen LogP) is 3.23. The number of amides is 1.